The van der Waals surface area contributed by atoms with E-state index in [0.717, 1.165) is 5.56 Å². The predicted molar refractivity (Wildman–Crippen MR) is 77.2 cm³/mol. The molecule has 0 fully saturated rings. The summed E-state index contributed by atoms with van der Waals surface area (Å²) < 4.78 is 0. The first-order valence-electron chi connectivity index (χ1n) is 6.24. The van der Waals surface area contributed by atoms with Gasteiger partial charge in [-0.3, -0.25) is 4.79 Å². The van der Waals surface area contributed by atoms with Gasteiger partial charge < -0.3 is 9.94 Å². The molecule has 0 aliphatic heterocycles. The minimum atomic E-state index is -1.49. The van der Waals surface area contributed by atoms with Gasteiger partial charge in [0.2, 0.25) is 0 Å². The smallest absolute Gasteiger partial charge is 0.377 e. The zero-order valence-electron chi connectivity index (χ0n) is 11.1. The fraction of sp³-hybridized carbons (Fsp3) is 0.0625. The van der Waals surface area contributed by atoms with Crippen molar-refractivity contribution >= 4 is 18.0 Å². The molecular formula is C16H13NO4. The molecule has 0 aliphatic rings. The lowest BCUT2D eigenvalue weighted by atomic mass is 10.0. The van der Waals surface area contributed by atoms with Crippen molar-refractivity contribution in [1.29, 1.82) is 0 Å². The molecule has 0 spiro atoms. The number of carbonyl (C=O) groups excluding carboxylic acids is 1. The number of rotatable bonds is 6. The van der Waals surface area contributed by atoms with Crippen molar-refractivity contribution in [3.63, 3.8) is 0 Å². The van der Waals surface area contributed by atoms with E-state index in [9.17, 15) is 9.59 Å². The van der Waals surface area contributed by atoms with Crippen molar-refractivity contribution in [2.24, 2.45) is 5.16 Å². The zero-order chi connectivity index (χ0) is 15.1. The first-order chi connectivity index (χ1) is 10.2. The highest BCUT2D eigenvalue weighted by Crippen LogP contribution is 2.11. The Morgan fingerprint density at radius 3 is 2.43 bits per heavy atom. The molecule has 5 heteroatoms. The molecule has 0 atom stereocenters. The minimum Gasteiger partial charge on any atom is -0.475 e. The molecule has 2 rings (SSSR count). The van der Waals surface area contributed by atoms with Crippen molar-refractivity contribution in [2.75, 3.05) is 0 Å². The molecule has 2 aromatic rings. The maximum Gasteiger partial charge on any atom is 0.377 e. The molecule has 0 saturated carbocycles. The number of carboxylic acids is 1. The van der Waals surface area contributed by atoms with Gasteiger partial charge in [-0.25, -0.2) is 4.79 Å². The van der Waals surface area contributed by atoms with Crippen LogP contribution in [0.15, 0.2) is 59.8 Å². The maximum atomic E-state index is 11.5. The van der Waals surface area contributed by atoms with Crippen LogP contribution in [0.2, 0.25) is 0 Å². The largest absolute Gasteiger partial charge is 0.475 e. The van der Waals surface area contributed by atoms with Gasteiger partial charge in [0.25, 0.3) is 5.78 Å². The third-order valence-corrected chi connectivity index (χ3v) is 2.75. The second-order valence-corrected chi connectivity index (χ2v) is 4.21. The maximum absolute atomic E-state index is 11.5. The van der Waals surface area contributed by atoms with Crippen LogP contribution in [0.5, 0.6) is 0 Å². The molecule has 0 amide bonds. The monoisotopic (exact) mass is 283 g/mol. The standard InChI is InChI=1S/C16H13NO4/c18-15(16(19)20)14-9-5-4-8-13(14)11-21-17-10-12-6-2-1-3-7-12/h1-10H,11H2,(H,19,20). The lowest BCUT2D eigenvalue weighted by molar-refractivity contribution is -0.131. The summed E-state index contributed by atoms with van der Waals surface area (Å²) in [5.41, 5.74) is 1.47. The summed E-state index contributed by atoms with van der Waals surface area (Å²) in [5, 5.41) is 12.6. The van der Waals surface area contributed by atoms with Crippen molar-refractivity contribution < 1.29 is 19.5 Å². The second kappa shape index (κ2) is 7.00. The second-order valence-electron chi connectivity index (χ2n) is 4.21. The van der Waals surface area contributed by atoms with E-state index >= 15 is 0 Å². The van der Waals surface area contributed by atoms with Gasteiger partial charge in [-0.05, 0) is 5.56 Å². The summed E-state index contributed by atoms with van der Waals surface area (Å²) in [4.78, 5) is 27.4. The third kappa shape index (κ3) is 4.01. The van der Waals surface area contributed by atoms with Crippen LogP contribution < -0.4 is 0 Å². The average Bonchev–Trinajstić information content (AvgIpc) is 2.52. The SMILES string of the molecule is O=C(O)C(=O)c1ccccc1CON=Cc1ccccc1. The summed E-state index contributed by atoms with van der Waals surface area (Å²) in [6.07, 6.45) is 1.54. The summed E-state index contributed by atoms with van der Waals surface area (Å²) >= 11 is 0. The normalized spacial score (nSPS) is 10.5. The average molecular weight is 283 g/mol. The van der Waals surface area contributed by atoms with Crippen LogP contribution in [0.4, 0.5) is 0 Å². The topological polar surface area (TPSA) is 76.0 Å². The van der Waals surface area contributed by atoms with E-state index in [4.69, 9.17) is 9.94 Å². The van der Waals surface area contributed by atoms with Crippen LogP contribution in [0.25, 0.3) is 0 Å². The molecule has 1 N–H and O–H groups in total. The van der Waals surface area contributed by atoms with Crippen LogP contribution in [0.1, 0.15) is 21.5 Å². The Kier molecular flexibility index (Phi) is 4.82. The van der Waals surface area contributed by atoms with E-state index in [0.29, 0.717) is 5.56 Å². The summed E-state index contributed by atoms with van der Waals surface area (Å²) in [6, 6.07) is 15.8. The Hall–Kier alpha value is -2.95. The molecule has 106 valence electrons. The molecule has 21 heavy (non-hydrogen) atoms. The molecule has 0 unspecified atom stereocenters. The van der Waals surface area contributed by atoms with Crippen molar-refractivity contribution in [3.8, 4) is 0 Å². The van der Waals surface area contributed by atoms with Crippen LogP contribution in [0, 0.1) is 0 Å². The summed E-state index contributed by atoms with van der Waals surface area (Å²) in [7, 11) is 0. The fourth-order valence-electron chi connectivity index (χ4n) is 1.73. The van der Waals surface area contributed by atoms with Crippen LogP contribution >= 0.6 is 0 Å². The Morgan fingerprint density at radius 1 is 1.05 bits per heavy atom. The third-order valence-electron chi connectivity index (χ3n) is 2.75. The number of ketones is 1. The Morgan fingerprint density at radius 2 is 1.71 bits per heavy atom. The summed E-state index contributed by atoms with van der Waals surface area (Å²) in [6.45, 7) is 0.0263. The van der Waals surface area contributed by atoms with Gasteiger partial charge in [0.15, 0.2) is 0 Å². The molecule has 0 saturated heterocycles. The van der Waals surface area contributed by atoms with E-state index in [1.165, 1.54) is 6.07 Å². The van der Waals surface area contributed by atoms with Gasteiger partial charge in [-0.2, -0.15) is 0 Å². The Labute approximate surface area is 121 Å². The number of benzene rings is 2. The molecule has 0 aliphatic carbocycles. The number of hydrogen-bond donors (Lipinski definition) is 1. The first-order valence-corrected chi connectivity index (χ1v) is 6.24. The van der Waals surface area contributed by atoms with Gasteiger partial charge in [-0.1, -0.05) is 59.8 Å². The Balaban J connectivity index is 2.02. The number of nitrogens with zero attached hydrogens (tertiary/aromatic N) is 1. The predicted octanol–water partition coefficient (Wildman–Crippen LogP) is 2.50. The molecule has 5 nitrogen and oxygen atoms in total. The molecular weight excluding hydrogens is 270 g/mol. The number of carbonyl (C=O) groups is 2. The fourth-order valence-corrected chi connectivity index (χ4v) is 1.73. The number of Topliss-reactive ketones (excluding diaryl/α,β-unsaturated/α-hetero) is 1. The lowest BCUT2D eigenvalue weighted by Crippen LogP contribution is -2.15. The molecule has 0 bridgehead atoms. The van der Waals surface area contributed by atoms with Crippen molar-refractivity contribution in [3.05, 3.63) is 71.3 Å². The van der Waals surface area contributed by atoms with Gasteiger partial charge in [0, 0.05) is 11.1 Å². The quantitative estimate of drug-likeness (QED) is 0.382. The van der Waals surface area contributed by atoms with Gasteiger partial charge >= 0.3 is 5.97 Å². The van der Waals surface area contributed by atoms with E-state index < -0.39 is 11.8 Å². The Bertz CT molecular complexity index is 665. The van der Waals surface area contributed by atoms with Gasteiger partial charge in [0.1, 0.15) is 6.61 Å². The number of carboxylic acid groups (broad SMARTS) is 1. The van der Waals surface area contributed by atoms with Crippen LogP contribution in [0.3, 0.4) is 0 Å². The zero-order valence-corrected chi connectivity index (χ0v) is 11.1. The molecule has 0 aromatic heterocycles. The van der Waals surface area contributed by atoms with Crippen molar-refractivity contribution in [1.82, 2.24) is 0 Å². The number of oxime groups is 1. The van der Waals surface area contributed by atoms with E-state index in [2.05, 4.69) is 5.16 Å². The van der Waals surface area contributed by atoms with Crippen molar-refractivity contribution in [2.45, 2.75) is 6.61 Å². The number of aliphatic carboxylic acids is 1. The summed E-state index contributed by atoms with van der Waals surface area (Å²) in [5.74, 6) is -2.45. The lowest BCUT2D eigenvalue weighted by Gasteiger charge is -2.05. The highest BCUT2D eigenvalue weighted by molar-refractivity contribution is 6.40. The van der Waals surface area contributed by atoms with Gasteiger partial charge in [0.05, 0.1) is 6.21 Å². The molecule has 0 radical (unpaired) electrons. The first kappa shape index (κ1) is 14.5. The van der Waals surface area contributed by atoms with E-state index in [-0.39, 0.29) is 12.2 Å². The highest BCUT2D eigenvalue weighted by atomic mass is 16.6. The van der Waals surface area contributed by atoms with E-state index in [1.807, 2.05) is 30.3 Å². The highest BCUT2D eigenvalue weighted by Gasteiger charge is 2.17. The molecule has 0 heterocycles. The van der Waals surface area contributed by atoms with Crippen LogP contribution in [-0.4, -0.2) is 23.1 Å². The number of hydrogen-bond acceptors (Lipinski definition) is 4. The van der Waals surface area contributed by atoms with Crippen LogP contribution in [-0.2, 0) is 16.2 Å². The molecule has 2 aromatic carbocycles. The minimum absolute atomic E-state index is 0.0263. The van der Waals surface area contributed by atoms with Gasteiger partial charge in [-0.15, -0.1) is 0 Å². The van der Waals surface area contributed by atoms with E-state index in [1.54, 1.807) is 24.4 Å².